The predicted octanol–water partition coefficient (Wildman–Crippen LogP) is 15.8. The molecule has 13 aromatic rings. The summed E-state index contributed by atoms with van der Waals surface area (Å²) < 4.78 is 2.39. The smallest absolute Gasteiger partial charge is 0.179 e. The molecule has 0 fully saturated rings. The fourth-order valence-corrected chi connectivity index (χ4v) is 16.0. The van der Waals surface area contributed by atoms with E-state index in [9.17, 15) is 0 Å². The summed E-state index contributed by atoms with van der Waals surface area (Å²) in [5.74, 6) is 0. The maximum absolute atomic E-state index is 2.71. The zero-order chi connectivity index (χ0) is 48.6. The predicted molar refractivity (Wildman–Crippen MR) is 313 cm³/mol. The highest BCUT2D eigenvalue weighted by atomic mass is 28.3. The number of nitrogens with zero attached hydrogens (tertiary/aromatic N) is 2. The maximum Gasteiger partial charge on any atom is 0.179 e. The van der Waals surface area contributed by atoms with Gasteiger partial charge in [0.1, 0.15) is 0 Å². The summed E-state index contributed by atoms with van der Waals surface area (Å²) in [6, 6.07) is 112. The van der Waals surface area contributed by atoms with Gasteiger partial charge >= 0.3 is 0 Å². The molecule has 0 saturated heterocycles. The van der Waals surface area contributed by atoms with Gasteiger partial charge in [0, 0.05) is 33.5 Å². The van der Waals surface area contributed by atoms with Gasteiger partial charge in [-0.15, -0.1) is 0 Å². The standard InChI is InChI=1S/C70H50N2Si/c1-5-20-58(21-6-1)72-68-30-16-15-28-67(68)70-66(29-17-31-69(70)72)55-35-32-52(33-36-55)53-38-42-59(43-39-53)71(60-44-40-54(41-45-60)57-37-34-51-18-13-14-19-56(51)50-57)61-46-48-65(49-47-61)73(62-22-7-2-8-23-62,63-24-9-3-10-25-63)64-26-11-4-12-27-64/h1-50H. The van der Waals surface area contributed by atoms with E-state index in [2.05, 4.69) is 313 Å². The van der Waals surface area contributed by atoms with Gasteiger partial charge in [0.05, 0.1) is 11.0 Å². The Kier molecular flexibility index (Phi) is 11.3. The lowest BCUT2D eigenvalue weighted by atomic mass is 9.97. The van der Waals surface area contributed by atoms with E-state index in [-0.39, 0.29) is 0 Å². The molecule has 0 amide bonds. The van der Waals surface area contributed by atoms with E-state index in [1.54, 1.807) is 0 Å². The van der Waals surface area contributed by atoms with Crippen LogP contribution in [0.25, 0.3) is 71.6 Å². The summed E-state index contributed by atoms with van der Waals surface area (Å²) in [7, 11) is -2.71. The average molecular weight is 947 g/mol. The largest absolute Gasteiger partial charge is 0.311 e. The number of hydrogen-bond donors (Lipinski definition) is 0. The molecular weight excluding hydrogens is 897 g/mol. The number of fused-ring (bicyclic) bond motifs is 4. The first kappa shape index (κ1) is 43.7. The summed E-state index contributed by atoms with van der Waals surface area (Å²) in [6.07, 6.45) is 0. The minimum atomic E-state index is -2.71. The molecule has 0 radical (unpaired) electrons. The second-order valence-corrected chi connectivity index (χ2v) is 22.7. The molecule has 0 spiro atoms. The zero-order valence-corrected chi connectivity index (χ0v) is 41.3. The molecule has 0 aliphatic carbocycles. The van der Waals surface area contributed by atoms with Crippen LogP contribution in [0.2, 0.25) is 0 Å². The molecule has 2 nitrogen and oxygen atoms in total. The van der Waals surface area contributed by atoms with Gasteiger partial charge in [-0.3, -0.25) is 0 Å². The van der Waals surface area contributed by atoms with Crippen molar-refractivity contribution in [1.82, 2.24) is 4.57 Å². The van der Waals surface area contributed by atoms with Crippen LogP contribution in [0.1, 0.15) is 0 Å². The van der Waals surface area contributed by atoms with E-state index >= 15 is 0 Å². The van der Waals surface area contributed by atoms with Crippen LogP contribution in [-0.4, -0.2) is 12.6 Å². The lowest BCUT2D eigenvalue weighted by Gasteiger charge is -2.35. The van der Waals surface area contributed by atoms with Gasteiger partial charge in [-0.25, -0.2) is 0 Å². The quantitative estimate of drug-likeness (QED) is 0.0926. The van der Waals surface area contributed by atoms with Crippen molar-refractivity contribution in [3.8, 4) is 39.1 Å². The molecule has 0 bridgehead atoms. The molecule has 13 rings (SSSR count). The minimum Gasteiger partial charge on any atom is -0.311 e. The summed E-state index contributed by atoms with van der Waals surface area (Å²) in [5, 5.41) is 10.4. The topological polar surface area (TPSA) is 8.17 Å². The maximum atomic E-state index is 2.39. The van der Waals surface area contributed by atoms with Crippen molar-refractivity contribution in [1.29, 1.82) is 0 Å². The Bertz CT molecular complexity index is 3920. The third kappa shape index (κ3) is 7.84. The van der Waals surface area contributed by atoms with Crippen LogP contribution in [0.5, 0.6) is 0 Å². The minimum absolute atomic E-state index is 1.09. The van der Waals surface area contributed by atoms with Gasteiger partial charge < -0.3 is 9.47 Å². The molecule has 0 aliphatic heterocycles. The summed E-state index contributed by atoms with van der Waals surface area (Å²) in [6.45, 7) is 0. The molecule has 1 heterocycles. The number of rotatable bonds is 11. The van der Waals surface area contributed by atoms with E-state index < -0.39 is 8.07 Å². The second-order valence-electron chi connectivity index (χ2n) is 18.9. The third-order valence-electron chi connectivity index (χ3n) is 14.8. The van der Waals surface area contributed by atoms with Gasteiger partial charge in [-0.2, -0.15) is 0 Å². The first-order valence-corrected chi connectivity index (χ1v) is 27.2. The molecule has 0 atom stereocenters. The molecule has 0 unspecified atom stereocenters. The molecule has 344 valence electrons. The van der Waals surface area contributed by atoms with Gasteiger partial charge in [-0.1, -0.05) is 237 Å². The highest BCUT2D eigenvalue weighted by Crippen LogP contribution is 2.40. The lowest BCUT2D eigenvalue weighted by molar-refractivity contribution is 1.18. The zero-order valence-electron chi connectivity index (χ0n) is 40.3. The Morgan fingerprint density at radius 2 is 0.685 bits per heavy atom. The first-order valence-electron chi connectivity index (χ1n) is 25.2. The van der Waals surface area contributed by atoms with Gasteiger partial charge in [0.2, 0.25) is 0 Å². The van der Waals surface area contributed by atoms with Crippen LogP contribution in [-0.2, 0) is 0 Å². The number of anilines is 3. The van der Waals surface area contributed by atoms with Crippen molar-refractivity contribution in [2.24, 2.45) is 0 Å². The fraction of sp³-hybridized carbons (Fsp3) is 0. The number of para-hydroxylation sites is 2. The Labute approximate surface area is 428 Å². The molecular formula is C70H50N2Si. The van der Waals surface area contributed by atoms with Gasteiger partial charge in [0.25, 0.3) is 0 Å². The van der Waals surface area contributed by atoms with Crippen molar-refractivity contribution < 1.29 is 0 Å². The summed E-state index contributed by atoms with van der Waals surface area (Å²) >= 11 is 0. The Balaban J connectivity index is 0.882. The molecule has 3 heteroatoms. The fourth-order valence-electron chi connectivity index (χ4n) is 11.3. The van der Waals surface area contributed by atoms with E-state index in [1.807, 2.05) is 0 Å². The first-order chi connectivity index (χ1) is 36.2. The van der Waals surface area contributed by atoms with Crippen LogP contribution in [0.15, 0.2) is 303 Å². The summed E-state index contributed by atoms with van der Waals surface area (Å²) in [5.41, 5.74) is 14.0. The Hall–Kier alpha value is -9.28. The van der Waals surface area contributed by atoms with E-state index in [4.69, 9.17) is 0 Å². The monoisotopic (exact) mass is 946 g/mol. The van der Waals surface area contributed by atoms with E-state index in [0.717, 1.165) is 22.7 Å². The van der Waals surface area contributed by atoms with Crippen LogP contribution < -0.4 is 25.6 Å². The SMILES string of the molecule is c1ccc(-n2c3ccccc3c3c(-c4ccc(-c5ccc(N(c6ccc(-c7ccc8ccccc8c7)cc6)c6ccc([Si](c7ccccc7)(c7ccccc7)c7ccccc7)cc6)cc5)cc4)cccc32)cc1. The highest BCUT2D eigenvalue weighted by Gasteiger charge is 2.41. The number of aromatic nitrogens is 1. The normalized spacial score (nSPS) is 11.6. The van der Waals surface area contributed by atoms with Crippen LogP contribution >= 0.6 is 0 Å². The molecule has 0 aliphatic rings. The van der Waals surface area contributed by atoms with Crippen LogP contribution in [0.4, 0.5) is 17.1 Å². The molecule has 12 aromatic carbocycles. The van der Waals surface area contributed by atoms with E-state index in [1.165, 1.54) is 86.7 Å². The lowest BCUT2D eigenvalue weighted by Crippen LogP contribution is -2.74. The Morgan fingerprint density at radius 3 is 1.26 bits per heavy atom. The van der Waals surface area contributed by atoms with Crippen molar-refractivity contribution in [3.05, 3.63) is 303 Å². The van der Waals surface area contributed by atoms with Crippen molar-refractivity contribution in [3.63, 3.8) is 0 Å². The van der Waals surface area contributed by atoms with Gasteiger partial charge in [-0.05, 0) is 132 Å². The third-order valence-corrected chi connectivity index (χ3v) is 19.6. The van der Waals surface area contributed by atoms with Crippen LogP contribution in [0, 0.1) is 0 Å². The number of hydrogen-bond acceptors (Lipinski definition) is 1. The second kappa shape index (κ2) is 18.8. The van der Waals surface area contributed by atoms with Crippen molar-refractivity contribution in [2.45, 2.75) is 0 Å². The van der Waals surface area contributed by atoms with Crippen LogP contribution in [0.3, 0.4) is 0 Å². The van der Waals surface area contributed by atoms with Gasteiger partial charge in [0.15, 0.2) is 8.07 Å². The molecule has 0 N–H and O–H groups in total. The highest BCUT2D eigenvalue weighted by molar-refractivity contribution is 7.19. The van der Waals surface area contributed by atoms with Crippen molar-refractivity contribution >= 4 is 78.5 Å². The molecule has 73 heavy (non-hydrogen) atoms. The average Bonchev–Trinajstić information content (AvgIpc) is 3.82. The number of benzene rings is 12. The molecule has 1 aromatic heterocycles. The van der Waals surface area contributed by atoms with E-state index in [0.29, 0.717) is 0 Å². The molecule has 0 saturated carbocycles. The van der Waals surface area contributed by atoms with Crippen molar-refractivity contribution in [2.75, 3.05) is 4.90 Å². The summed E-state index contributed by atoms with van der Waals surface area (Å²) in [4.78, 5) is 2.39. The Morgan fingerprint density at radius 1 is 0.274 bits per heavy atom.